The van der Waals surface area contributed by atoms with Crippen LogP contribution < -0.4 is 10.4 Å². The Bertz CT molecular complexity index is 810. The van der Waals surface area contributed by atoms with Crippen molar-refractivity contribution >= 4 is 41.6 Å². The summed E-state index contributed by atoms with van der Waals surface area (Å²) in [6.07, 6.45) is 6.31. The van der Waals surface area contributed by atoms with Gasteiger partial charge in [0.2, 0.25) is 0 Å². The summed E-state index contributed by atoms with van der Waals surface area (Å²) in [5.74, 6) is 1.42. The summed E-state index contributed by atoms with van der Waals surface area (Å²) < 4.78 is 12.1. The van der Waals surface area contributed by atoms with Gasteiger partial charge in [-0.05, 0) is 68.3 Å². The molecular formula is C28H40Cl2O2Si. The molecule has 3 unspecified atom stereocenters. The van der Waals surface area contributed by atoms with Crippen LogP contribution in [0.5, 0.6) is 0 Å². The first-order valence-electron chi connectivity index (χ1n) is 12.4. The number of ether oxygens (including phenoxy) is 2. The highest BCUT2D eigenvalue weighted by Gasteiger charge is 2.43. The van der Waals surface area contributed by atoms with Crippen LogP contribution >= 0.6 is 23.2 Å². The Morgan fingerprint density at radius 3 is 2.00 bits per heavy atom. The lowest BCUT2D eigenvalue weighted by Gasteiger charge is -2.45. The van der Waals surface area contributed by atoms with Gasteiger partial charge in [0.1, 0.15) is 8.07 Å². The van der Waals surface area contributed by atoms with Gasteiger partial charge in [-0.1, -0.05) is 84.2 Å². The third-order valence-electron chi connectivity index (χ3n) is 7.91. The molecule has 1 fully saturated rings. The van der Waals surface area contributed by atoms with Crippen molar-refractivity contribution in [2.45, 2.75) is 58.5 Å². The molecule has 3 atom stereocenters. The molecule has 0 amide bonds. The highest BCUT2D eigenvalue weighted by Crippen LogP contribution is 2.45. The Balaban J connectivity index is 1.97. The summed E-state index contributed by atoms with van der Waals surface area (Å²) in [4.78, 5) is 0. The van der Waals surface area contributed by atoms with Crippen LogP contribution in [0.25, 0.3) is 0 Å². The van der Waals surface area contributed by atoms with E-state index >= 15 is 0 Å². The molecule has 2 aromatic carbocycles. The maximum Gasteiger partial charge on any atom is 0.115 e. The largest absolute Gasteiger partial charge is 0.384 e. The molecule has 3 rings (SSSR count). The number of rotatable bonds is 11. The minimum atomic E-state index is -2.03. The molecule has 0 aliphatic heterocycles. The fourth-order valence-electron chi connectivity index (χ4n) is 5.80. The number of halogens is 2. The van der Waals surface area contributed by atoms with Gasteiger partial charge in [0, 0.05) is 29.2 Å². The summed E-state index contributed by atoms with van der Waals surface area (Å²) in [5.41, 5.74) is 0.0482. The Kier molecular flexibility index (Phi) is 9.91. The van der Waals surface area contributed by atoms with Crippen molar-refractivity contribution in [3.05, 3.63) is 58.6 Å². The molecule has 2 nitrogen and oxygen atoms in total. The van der Waals surface area contributed by atoms with Crippen molar-refractivity contribution in [3.63, 3.8) is 0 Å². The van der Waals surface area contributed by atoms with Crippen molar-refractivity contribution in [3.8, 4) is 0 Å². The van der Waals surface area contributed by atoms with Crippen LogP contribution in [-0.2, 0) is 9.47 Å². The molecule has 182 valence electrons. The van der Waals surface area contributed by atoms with E-state index in [2.05, 4.69) is 44.7 Å². The first-order valence-corrected chi connectivity index (χ1v) is 15.9. The third-order valence-corrected chi connectivity index (χ3v) is 12.9. The highest BCUT2D eigenvalue weighted by molar-refractivity contribution is 7.01. The Hall–Kier alpha value is -0.843. The second-order valence-electron chi connectivity index (χ2n) is 10.2. The molecule has 1 saturated carbocycles. The predicted octanol–water partition coefficient (Wildman–Crippen LogP) is 7.07. The van der Waals surface area contributed by atoms with Gasteiger partial charge < -0.3 is 9.47 Å². The van der Waals surface area contributed by atoms with E-state index in [0.717, 1.165) is 48.2 Å². The van der Waals surface area contributed by atoms with E-state index in [4.69, 9.17) is 32.7 Å². The zero-order valence-corrected chi connectivity index (χ0v) is 23.2. The first-order chi connectivity index (χ1) is 15.8. The van der Waals surface area contributed by atoms with Gasteiger partial charge in [0.25, 0.3) is 0 Å². The van der Waals surface area contributed by atoms with Gasteiger partial charge in [0.05, 0.1) is 13.2 Å². The van der Waals surface area contributed by atoms with Crippen LogP contribution in [0, 0.1) is 17.3 Å². The lowest BCUT2D eigenvalue weighted by atomic mass is 9.66. The van der Waals surface area contributed by atoms with E-state index in [1.807, 2.05) is 31.4 Å². The van der Waals surface area contributed by atoms with Gasteiger partial charge in [0.15, 0.2) is 0 Å². The number of benzene rings is 2. The quantitative estimate of drug-likeness (QED) is 0.303. The highest BCUT2D eigenvalue weighted by atomic mass is 35.5. The molecule has 0 heterocycles. The van der Waals surface area contributed by atoms with Crippen LogP contribution in [0.4, 0.5) is 0 Å². The SMILES string of the molecule is CCOCC(CC[Si](C)(c1ccc(Cl)cc1)c1ccc(Cl)cc1)(COC)C1CCCC(C)C1. The normalized spacial score (nSPS) is 21.0. The van der Waals surface area contributed by atoms with Crippen LogP contribution in [0.15, 0.2) is 48.5 Å². The van der Waals surface area contributed by atoms with Gasteiger partial charge >= 0.3 is 0 Å². The molecule has 0 N–H and O–H groups in total. The molecule has 0 radical (unpaired) electrons. The zero-order chi connectivity index (χ0) is 23.9. The maximum atomic E-state index is 6.26. The van der Waals surface area contributed by atoms with E-state index in [-0.39, 0.29) is 5.41 Å². The van der Waals surface area contributed by atoms with Crippen LogP contribution in [0.3, 0.4) is 0 Å². The smallest absolute Gasteiger partial charge is 0.115 e. The Morgan fingerprint density at radius 1 is 0.939 bits per heavy atom. The van der Waals surface area contributed by atoms with Crippen LogP contribution in [0.2, 0.25) is 22.6 Å². The monoisotopic (exact) mass is 506 g/mol. The molecule has 0 bridgehead atoms. The Labute approximate surface area is 212 Å². The molecule has 33 heavy (non-hydrogen) atoms. The van der Waals surface area contributed by atoms with Gasteiger partial charge in [-0.3, -0.25) is 0 Å². The predicted molar refractivity (Wildman–Crippen MR) is 145 cm³/mol. The Morgan fingerprint density at radius 2 is 1.52 bits per heavy atom. The topological polar surface area (TPSA) is 18.5 Å². The molecule has 1 aliphatic carbocycles. The lowest BCUT2D eigenvalue weighted by molar-refractivity contribution is -0.0583. The minimum absolute atomic E-state index is 0.0482. The summed E-state index contributed by atoms with van der Waals surface area (Å²) in [6, 6.07) is 18.2. The molecule has 2 aromatic rings. The molecule has 5 heteroatoms. The minimum Gasteiger partial charge on any atom is -0.384 e. The lowest BCUT2D eigenvalue weighted by Crippen LogP contribution is -2.56. The molecule has 0 spiro atoms. The van der Waals surface area contributed by atoms with Crippen molar-refractivity contribution in [2.75, 3.05) is 26.9 Å². The fraction of sp³-hybridized carbons (Fsp3) is 0.571. The van der Waals surface area contributed by atoms with Crippen molar-refractivity contribution in [2.24, 2.45) is 17.3 Å². The fourth-order valence-corrected chi connectivity index (χ4v) is 9.76. The zero-order valence-electron chi connectivity index (χ0n) is 20.7. The first kappa shape index (κ1) is 26.8. The van der Waals surface area contributed by atoms with Gasteiger partial charge in [-0.2, -0.15) is 0 Å². The van der Waals surface area contributed by atoms with Crippen molar-refractivity contribution in [1.82, 2.24) is 0 Å². The third kappa shape index (κ3) is 6.64. The summed E-state index contributed by atoms with van der Waals surface area (Å²) in [7, 11) is -0.185. The summed E-state index contributed by atoms with van der Waals surface area (Å²) in [6.45, 7) is 9.28. The summed E-state index contributed by atoms with van der Waals surface area (Å²) >= 11 is 12.5. The van der Waals surface area contributed by atoms with Gasteiger partial charge in [-0.15, -0.1) is 0 Å². The van der Waals surface area contributed by atoms with E-state index in [0.29, 0.717) is 5.92 Å². The van der Waals surface area contributed by atoms with Crippen molar-refractivity contribution < 1.29 is 9.47 Å². The molecule has 0 aromatic heterocycles. The van der Waals surface area contributed by atoms with Crippen molar-refractivity contribution in [1.29, 1.82) is 0 Å². The van der Waals surface area contributed by atoms with E-state index in [1.54, 1.807) is 0 Å². The molecule has 0 saturated heterocycles. The number of hydrogen-bond acceptors (Lipinski definition) is 2. The van der Waals surface area contributed by atoms with E-state index in [1.165, 1.54) is 36.1 Å². The molecule has 1 aliphatic rings. The summed E-state index contributed by atoms with van der Waals surface area (Å²) in [5, 5.41) is 4.39. The average molecular weight is 508 g/mol. The van der Waals surface area contributed by atoms with Crippen LogP contribution in [0.1, 0.15) is 46.0 Å². The van der Waals surface area contributed by atoms with E-state index in [9.17, 15) is 0 Å². The molecular weight excluding hydrogens is 467 g/mol. The standard InChI is InChI=1S/C28H40Cl2O2Si/c1-5-32-21-28(20-31-3,23-8-6-7-22(2)19-23)17-18-33(4,26-13-9-24(29)10-14-26)27-15-11-25(30)12-16-27/h9-16,22-23H,5-8,17-21H2,1-4H3. The van der Waals surface area contributed by atoms with Crippen LogP contribution in [-0.4, -0.2) is 35.0 Å². The number of methoxy groups -OCH3 is 1. The average Bonchev–Trinajstić information content (AvgIpc) is 2.81. The second kappa shape index (κ2) is 12.2. The van der Waals surface area contributed by atoms with Gasteiger partial charge in [-0.25, -0.2) is 0 Å². The second-order valence-corrected chi connectivity index (χ2v) is 15.4. The van der Waals surface area contributed by atoms with E-state index < -0.39 is 8.07 Å². The number of hydrogen-bond donors (Lipinski definition) is 0. The maximum absolute atomic E-state index is 6.26.